The molecule has 8 heteroatoms. The number of nitrogens with one attached hydrogen (secondary N) is 2. The summed E-state index contributed by atoms with van der Waals surface area (Å²) in [5, 5.41) is 13.9. The van der Waals surface area contributed by atoms with Crippen molar-refractivity contribution in [1.29, 1.82) is 0 Å². The molecule has 0 aliphatic carbocycles. The Labute approximate surface area is 117 Å². The number of anilines is 2. The van der Waals surface area contributed by atoms with Crippen LogP contribution in [0.1, 0.15) is 13.3 Å². The standard InChI is InChI=1S/C12H19N5O3/c1-3-7-14-11(18)8-16(2)10-6-4-5-9(15-13)12(10)17(19)20/h4-6,15H,3,7-8,13H2,1-2H3,(H,14,18). The van der Waals surface area contributed by atoms with E-state index in [1.165, 1.54) is 11.0 Å². The average Bonchev–Trinajstić information content (AvgIpc) is 2.43. The predicted molar refractivity (Wildman–Crippen MR) is 77.5 cm³/mol. The molecule has 1 rings (SSSR count). The van der Waals surface area contributed by atoms with Crippen LogP contribution in [0.4, 0.5) is 17.1 Å². The van der Waals surface area contributed by atoms with Crippen LogP contribution in [0.5, 0.6) is 0 Å². The minimum atomic E-state index is -0.523. The molecule has 0 spiro atoms. The lowest BCUT2D eigenvalue weighted by atomic mass is 10.2. The number of amides is 1. The van der Waals surface area contributed by atoms with Crippen molar-refractivity contribution < 1.29 is 9.72 Å². The number of carbonyl (C=O) groups excluding carboxylic acids is 1. The van der Waals surface area contributed by atoms with E-state index in [0.29, 0.717) is 12.2 Å². The number of nitro benzene ring substituents is 1. The Morgan fingerprint density at radius 3 is 2.75 bits per heavy atom. The SMILES string of the molecule is CCCNC(=O)CN(C)c1cccc(NN)c1[N+](=O)[O-]. The van der Waals surface area contributed by atoms with Crippen molar-refractivity contribution in [2.24, 2.45) is 5.84 Å². The lowest BCUT2D eigenvalue weighted by Crippen LogP contribution is -2.35. The molecule has 0 bridgehead atoms. The molecule has 0 radical (unpaired) electrons. The Bertz CT molecular complexity index is 492. The van der Waals surface area contributed by atoms with Gasteiger partial charge in [0.15, 0.2) is 0 Å². The third-order valence-corrected chi connectivity index (χ3v) is 2.72. The first-order valence-electron chi connectivity index (χ1n) is 6.23. The topological polar surface area (TPSA) is 114 Å². The fraction of sp³-hybridized carbons (Fsp3) is 0.417. The van der Waals surface area contributed by atoms with Crippen LogP contribution in [0.2, 0.25) is 0 Å². The molecule has 1 amide bonds. The Hall–Kier alpha value is -2.35. The third-order valence-electron chi connectivity index (χ3n) is 2.72. The van der Waals surface area contributed by atoms with Gasteiger partial charge >= 0.3 is 5.69 Å². The van der Waals surface area contributed by atoms with Crippen LogP contribution >= 0.6 is 0 Å². The zero-order chi connectivity index (χ0) is 15.1. The number of nitrogens with two attached hydrogens (primary N) is 1. The summed E-state index contributed by atoms with van der Waals surface area (Å²) in [6, 6.07) is 4.72. The Kier molecular flexibility index (Phi) is 5.73. The lowest BCUT2D eigenvalue weighted by molar-refractivity contribution is -0.383. The first-order valence-corrected chi connectivity index (χ1v) is 6.23. The van der Waals surface area contributed by atoms with Gasteiger partial charge in [0, 0.05) is 13.6 Å². The maximum atomic E-state index is 11.7. The molecule has 110 valence electrons. The van der Waals surface area contributed by atoms with Gasteiger partial charge in [-0.3, -0.25) is 20.8 Å². The first kappa shape index (κ1) is 15.7. The molecule has 1 aromatic carbocycles. The van der Waals surface area contributed by atoms with E-state index in [2.05, 4.69) is 10.7 Å². The van der Waals surface area contributed by atoms with Crippen molar-refractivity contribution in [3.05, 3.63) is 28.3 Å². The van der Waals surface area contributed by atoms with E-state index in [-0.39, 0.29) is 23.8 Å². The fourth-order valence-corrected chi connectivity index (χ4v) is 1.77. The number of para-hydroxylation sites is 1. The molecule has 0 unspecified atom stereocenters. The Morgan fingerprint density at radius 1 is 1.50 bits per heavy atom. The van der Waals surface area contributed by atoms with Crippen molar-refractivity contribution in [2.45, 2.75) is 13.3 Å². The van der Waals surface area contributed by atoms with Gasteiger partial charge in [-0.15, -0.1) is 0 Å². The minimum Gasteiger partial charge on any atom is -0.360 e. The second-order valence-electron chi connectivity index (χ2n) is 4.28. The number of nitrogens with zero attached hydrogens (tertiary/aromatic N) is 2. The maximum absolute atomic E-state index is 11.7. The second-order valence-corrected chi connectivity index (χ2v) is 4.28. The molecule has 0 aliphatic rings. The summed E-state index contributed by atoms with van der Waals surface area (Å²) >= 11 is 0. The first-order chi connectivity index (χ1) is 9.51. The largest absolute Gasteiger partial charge is 0.360 e. The van der Waals surface area contributed by atoms with E-state index in [0.717, 1.165) is 6.42 Å². The van der Waals surface area contributed by atoms with Crippen molar-refractivity contribution in [2.75, 3.05) is 30.5 Å². The molecule has 0 atom stereocenters. The van der Waals surface area contributed by atoms with Gasteiger partial charge in [0.2, 0.25) is 5.91 Å². The number of likely N-dealkylation sites (N-methyl/N-ethyl adjacent to an activating group) is 1. The Morgan fingerprint density at radius 2 is 2.20 bits per heavy atom. The summed E-state index contributed by atoms with van der Waals surface area (Å²) < 4.78 is 0. The van der Waals surface area contributed by atoms with Gasteiger partial charge in [0.1, 0.15) is 11.4 Å². The minimum absolute atomic E-state index is 0.0366. The van der Waals surface area contributed by atoms with Crippen LogP contribution in [0, 0.1) is 10.1 Å². The molecule has 1 aromatic rings. The van der Waals surface area contributed by atoms with Crippen molar-refractivity contribution in [3.63, 3.8) is 0 Å². The van der Waals surface area contributed by atoms with Crippen LogP contribution in [0.25, 0.3) is 0 Å². The number of nitro groups is 1. The molecular weight excluding hydrogens is 262 g/mol. The zero-order valence-electron chi connectivity index (χ0n) is 11.5. The maximum Gasteiger partial charge on any atom is 0.316 e. The summed E-state index contributed by atoms with van der Waals surface area (Å²) in [7, 11) is 1.62. The quantitative estimate of drug-likeness (QED) is 0.388. The van der Waals surface area contributed by atoms with E-state index < -0.39 is 4.92 Å². The molecular formula is C12H19N5O3. The van der Waals surface area contributed by atoms with Gasteiger partial charge in [-0.05, 0) is 18.6 Å². The van der Waals surface area contributed by atoms with E-state index in [1.807, 2.05) is 6.92 Å². The van der Waals surface area contributed by atoms with E-state index >= 15 is 0 Å². The summed E-state index contributed by atoms with van der Waals surface area (Å²) in [6.45, 7) is 2.57. The average molecular weight is 281 g/mol. The molecule has 0 aromatic heterocycles. The number of carbonyl (C=O) groups is 1. The normalized spacial score (nSPS) is 9.95. The van der Waals surface area contributed by atoms with Gasteiger partial charge in [-0.25, -0.2) is 0 Å². The summed E-state index contributed by atoms with van der Waals surface area (Å²) in [4.78, 5) is 23.8. The molecule has 0 fully saturated rings. The van der Waals surface area contributed by atoms with E-state index in [9.17, 15) is 14.9 Å². The highest BCUT2D eigenvalue weighted by Crippen LogP contribution is 2.34. The highest BCUT2D eigenvalue weighted by atomic mass is 16.6. The van der Waals surface area contributed by atoms with Crippen LogP contribution in [-0.4, -0.2) is 31.0 Å². The van der Waals surface area contributed by atoms with Gasteiger partial charge in [0.25, 0.3) is 0 Å². The fourth-order valence-electron chi connectivity index (χ4n) is 1.77. The van der Waals surface area contributed by atoms with E-state index in [4.69, 9.17) is 5.84 Å². The second kappa shape index (κ2) is 7.29. The highest BCUT2D eigenvalue weighted by molar-refractivity contribution is 5.84. The van der Waals surface area contributed by atoms with Crippen LogP contribution in [-0.2, 0) is 4.79 Å². The molecule has 0 saturated heterocycles. The van der Waals surface area contributed by atoms with Crippen LogP contribution in [0.3, 0.4) is 0 Å². The van der Waals surface area contributed by atoms with Crippen molar-refractivity contribution >= 4 is 23.0 Å². The number of hydrogen-bond acceptors (Lipinski definition) is 6. The zero-order valence-corrected chi connectivity index (χ0v) is 11.5. The summed E-state index contributed by atoms with van der Waals surface area (Å²) in [6.07, 6.45) is 0.835. The number of rotatable bonds is 7. The number of nitrogen functional groups attached to an aromatic ring is 1. The number of benzene rings is 1. The van der Waals surface area contributed by atoms with Crippen molar-refractivity contribution in [3.8, 4) is 0 Å². The van der Waals surface area contributed by atoms with Crippen molar-refractivity contribution in [1.82, 2.24) is 5.32 Å². The molecule has 0 heterocycles. The van der Waals surface area contributed by atoms with E-state index in [1.54, 1.807) is 19.2 Å². The van der Waals surface area contributed by atoms with Crippen LogP contribution in [0.15, 0.2) is 18.2 Å². The predicted octanol–water partition coefficient (Wildman–Crippen LogP) is 0.843. The number of hydrogen-bond donors (Lipinski definition) is 3. The molecule has 4 N–H and O–H groups in total. The Balaban J connectivity index is 2.95. The smallest absolute Gasteiger partial charge is 0.316 e. The molecule has 20 heavy (non-hydrogen) atoms. The van der Waals surface area contributed by atoms with Gasteiger partial charge in [-0.1, -0.05) is 13.0 Å². The van der Waals surface area contributed by atoms with Gasteiger partial charge < -0.3 is 15.6 Å². The van der Waals surface area contributed by atoms with Gasteiger partial charge in [0.05, 0.1) is 11.5 Å². The molecule has 0 aliphatic heterocycles. The third kappa shape index (κ3) is 3.82. The van der Waals surface area contributed by atoms with Crippen LogP contribution < -0.4 is 21.5 Å². The summed E-state index contributed by atoms with van der Waals surface area (Å²) in [5.41, 5.74) is 2.67. The monoisotopic (exact) mass is 281 g/mol. The number of hydrazine groups is 1. The highest BCUT2D eigenvalue weighted by Gasteiger charge is 2.22. The lowest BCUT2D eigenvalue weighted by Gasteiger charge is -2.19. The molecule has 8 nitrogen and oxygen atoms in total. The van der Waals surface area contributed by atoms with Gasteiger partial charge in [-0.2, -0.15) is 0 Å². The molecule has 0 saturated carbocycles. The summed E-state index contributed by atoms with van der Waals surface area (Å²) in [5.74, 6) is 5.09.